The van der Waals surface area contributed by atoms with Crippen LogP contribution in [0, 0.1) is 0 Å². The number of aromatic nitrogens is 1. The van der Waals surface area contributed by atoms with E-state index in [4.69, 9.17) is 5.73 Å². The molecular weight excluding hydrogens is 252 g/mol. The Morgan fingerprint density at radius 1 is 1.67 bits per heavy atom. The Morgan fingerprint density at radius 2 is 2.39 bits per heavy atom. The first-order valence-corrected chi connectivity index (χ1v) is 6.83. The first-order valence-electron chi connectivity index (χ1n) is 6.06. The average Bonchev–Trinajstić information content (AvgIpc) is 3.01. The van der Waals surface area contributed by atoms with Gasteiger partial charge in [-0.15, -0.1) is 0 Å². The lowest BCUT2D eigenvalue weighted by Gasteiger charge is -2.08. The zero-order valence-corrected chi connectivity index (χ0v) is 11.1. The molecule has 0 radical (unpaired) electrons. The Balaban J connectivity index is 1.98. The van der Waals surface area contributed by atoms with Crippen molar-refractivity contribution in [2.75, 3.05) is 17.6 Å². The molecule has 1 fully saturated rings. The number of carbonyl (C=O) groups is 1. The van der Waals surface area contributed by atoms with Gasteiger partial charge in [0.1, 0.15) is 10.6 Å². The van der Waals surface area contributed by atoms with Crippen molar-refractivity contribution in [2.45, 2.75) is 38.3 Å². The van der Waals surface area contributed by atoms with Crippen LogP contribution >= 0.6 is 11.5 Å². The van der Waals surface area contributed by atoms with E-state index in [1.807, 2.05) is 0 Å². The van der Waals surface area contributed by atoms with Gasteiger partial charge in [-0.05, 0) is 37.7 Å². The van der Waals surface area contributed by atoms with E-state index in [-0.39, 0.29) is 17.8 Å². The van der Waals surface area contributed by atoms with E-state index >= 15 is 0 Å². The Morgan fingerprint density at radius 3 is 3.00 bits per heavy atom. The van der Waals surface area contributed by atoms with Gasteiger partial charge >= 0.3 is 0 Å². The highest BCUT2D eigenvalue weighted by atomic mass is 32.1. The number of aliphatic hydroxyl groups is 1. The smallest absolute Gasteiger partial charge is 0.258 e. The summed E-state index contributed by atoms with van der Waals surface area (Å²) in [6, 6.07) is 0.294. The highest BCUT2D eigenvalue weighted by Gasteiger charge is 2.27. The van der Waals surface area contributed by atoms with Gasteiger partial charge in [-0.3, -0.25) is 4.79 Å². The van der Waals surface area contributed by atoms with E-state index in [1.165, 1.54) is 11.5 Å². The maximum absolute atomic E-state index is 12.0. The topological polar surface area (TPSA) is 100 Å². The Hall–Kier alpha value is -1.34. The molecule has 18 heavy (non-hydrogen) atoms. The van der Waals surface area contributed by atoms with Crippen LogP contribution in [-0.4, -0.2) is 34.1 Å². The molecule has 1 aliphatic rings. The summed E-state index contributed by atoms with van der Waals surface area (Å²) in [6.07, 6.45) is 2.32. The molecule has 7 heteroatoms. The molecule has 1 aromatic rings. The molecule has 0 bridgehead atoms. The Kier molecular flexibility index (Phi) is 4.03. The zero-order valence-electron chi connectivity index (χ0n) is 10.3. The molecule has 1 atom stereocenters. The number of nitrogens with two attached hydrogens (primary N) is 1. The van der Waals surface area contributed by atoms with Crippen LogP contribution in [0.5, 0.6) is 0 Å². The summed E-state index contributed by atoms with van der Waals surface area (Å²) in [5.74, 6) is 0.0981. The third-order valence-electron chi connectivity index (χ3n) is 2.71. The predicted molar refractivity (Wildman–Crippen MR) is 71.8 cm³/mol. The number of aliphatic hydroxyl groups excluding tert-OH is 1. The fraction of sp³-hybridized carbons (Fsp3) is 0.636. The van der Waals surface area contributed by atoms with Crippen molar-refractivity contribution in [3.05, 3.63) is 5.56 Å². The summed E-state index contributed by atoms with van der Waals surface area (Å²) in [7, 11) is 0. The number of hydrogen-bond acceptors (Lipinski definition) is 6. The molecule has 0 saturated heterocycles. The van der Waals surface area contributed by atoms with Crippen LogP contribution in [-0.2, 0) is 0 Å². The molecule has 0 aliphatic heterocycles. The van der Waals surface area contributed by atoms with Crippen LogP contribution in [0.2, 0.25) is 0 Å². The van der Waals surface area contributed by atoms with Crippen molar-refractivity contribution in [1.82, 2.24) is 9.69 Å². The second-order valence-electron chi connectivity index (χ2n) is 4.58. The maximum Gasteiger partial charge on any atom is 0.258 e. The van der Waals surface area contributed by atoms with Crippen LogP contribution in [0.15, 0.2) is 0 Å². The van der Waals surface area contributed by atoms with Gasteiger partial charge in [0, 0.05) is 12.6 Å². The summed E-state index contributed by atoms with van der Waals surface area (Å²) in [6.45, 7) is 2.31. The molecule has 1 unspecified atom stereocenters. The quantitative estimate of drug-likeness (QED) is 0.612. The number of hydrogen-bond donors (Lipinski definition) is 4. The number of anilines is 2. The summed E-state index contributed by atoms with van der Waals surface area (Å²) < 4.78 is 4.00. The number of nitrogens with one attached hydrogen (secondary N) is 2. The number of nitrogens with zero attached hydrogens (tertiary/aromatic N) is 1. The zero-order chi connectivity index (χ0) is 13.1. The monoisotopic (exact) mass is 270 g/mol. The van der Waals surface area contributed by atoms with E-state index in [0.717, 1.165) is 12.8 Å². The molecule has 1 aromatic heterocycles. The van der Waals surface area contributed by atoms with Crippen molar-refractivity contribution < 1.29 is 9.90 Å². The van der Waals surface area contributed by atoms with Crippen molar-refractivity contribution in [3.8, 4) is 0 Å². The van der Waals surface area contributed by atoms with Gasteiger partial charge in [-0.1, -0.05) is 0 Å². The largest absolute Gasteiger partial charge is 0.393 e. The minimum atomic E-state index is -0.369. The summed E-state index contributed by atoms with van der Waals surface area (Å²) >= 11 is 1.18. The number of amides is 1. The van der Waals surface area contributed by atoms with Crippen molar-refractivity contribution >= 4 is 28.3 Å². The lowest BCUT2D eigenvalue weighted by molar-refractivity contribution is 0.0953. The molecule has 100 valence electrons. The van der Waals surface area contributed by atoms with Gasteiger partial charge in [-0.2, -0.15) is 4.37 Å². The predicted octanol–water partition coefficient (Wildman–Crippen LogP) is 0.800. The third-order valence-corrected chi connectivity index (χ3v) is 3.52. The molecule has 1 heterocycles. The Bertz CT molecular complexity index is 429. The van der Waals surface area contributed by atoms with Crippen molar-refractivity contribution in [2.24, 2.45) is 0 Å². The fourth-order valence-corrected chi connectivity index (χ4v) is 2.26. The highest BCUT2D eigenvalue weighted by Crippen LogP contribution is 2.28. The van der Waals surface area contributed by atoms with Gasteiger partial charge in [-0.25, -0.2) is 0 Å². The van der Waals surface area contributed by atoms with Crippen LogP contribution in [0.3, 0.4) is 0 Å². The van der Waals surface area contributed by atoms with E-state index in [1.54, 1.807) is 6.92 Å². The maximum atomic E-state index is 12.0. The molecule has 5 N–H and O–H groups in total. The average molecular weight is 270 g/mol. The molecule has 6 nitrogen and oxygen atoms in total. The number of carbonyl (C=O) groups excluding carboxylic acids is 1. The molecule has 1 amide bonds. The molecule has 0 spiro atoms. The minimum Gasteiger partial charge on any atom is -0.393 e. The SMILES string of the molecule is CC(O)CCNc1snc(N)c1C(=O)NC1CC1. The Labute approximate surface area is 110 Å². The first kappa shape index (κ1) is 13.1. The second kappa shape index (κ2) is 5.53. The van der Waals surface area contributed by atoms with E-state index < -0.39 is 0 Å². The van der Waals surface area contributed by atoms with Gasteiger partial charge in [0.25, 0.3) is 5.91 Å². The standard InChI is InChI=1S/C11H18N4O2S/c1-6(16)4-5-13-11-8(9(12)15-18-11)10(17)14-7-2-3-7/h6-7,13,16H,2-5H2,1H3,(H2,12,15)(H,14,17). The van der Waals surface area contributed by atoms with Crippen LogP contribution < -0.4 is 16.4 Å². The number of nitrogen functional groups attached to an aromatic ring is 1. The van der Waals surface area contributed by atoms with Gasteiger partial charge in [0.05, 0.1) is 6.10 Å². The lowest BCUT2D eigenvalue weighted by atomic mass is 10.2. The fourth-order valence-electron chi connectivity index (χ4n) is 1.52. The third kappa shape index (κ3) is 3.33. The summed E-state index contributed by atoms with van der Waals surface area (Å²) in [4.78, 5) is 12.0. The van der Waals surface area contributed by atoms with Crippen molar-refractivity contribution in [3.63, 3.8) is 0 Å². The number of rotatable bonds is 6. The highest BCUT2D eigenvalue weighted by molar-refractivity contribution is 7.11. The van der Waals surface area contributed by atoms with Crippen molar-refractivity contribution in [1.29, 1.82) is 0 Å². The van der Waals surface area contributed by atoms with E-state index in [9.17, 15) is 9.90 Å². The summed E-state index contributed by atoms with van der Waals surface area (Å²) in [5, 5.41) is 15.8. The molecular formula is C11H18N4O2S. The van der Waals surface area contributed by atoms with Crippen LogP contribution in [0.25, 0.3) is 0 Å². The van der Waals surface area contributed by atoms with Gasteiger partial charge in [0.2, 0.25) is 0 Å². The van der Waals surface area contributed by atoms with Crippen LogP contribution in [0.1, 0.15) is 36.5 Å². The normalized spacial score (nSPS) is 16.3. The molecule has 1 aliphatic carbocycles. The van der Waals surface area contributed by atoms with Crippen LogP contribution in [0.4, 0.5) is 10.8 Å². The summed E-state index contributed by atoms with van der Waals surface area (Å²) in [5.41, 5.74) is 6.15. The molecule has 0 aromatic carbocycles. The minimum absolute atomic E-state index is 0.164. The van der Waals surface area contributed by atoms with Gasteiger partial charge in [0.15, 0.2) is 5.82 Å². The van der Waals surface area contributed by atoms with E-state index in [2.05, 4.69) is 15.0 Å². The van der Waals surface area contributed by atoms with E-state index in [0.29, 0.717) is 29.6 Å². The lowest BCUT2D eigenvalue weighted by Crippen LogP contribution is -2.26. The second-order valence-corrected chi connectivity index (χ2v) is 5.36. The van der Waals surface area contributed by atoms with Gasteiger partial charge < -0.3 is 21.5 Å². The molecule has 2 rings (SSSR count). The molecule has 1 saturated carbocycles. The first-order chi connectivity index (χ1) is 8.58.